The van der Waals surface area contributed by atoms with Crippen molar-refractivity contribution in [3.05, 3.63) is 72.3 Å². The summed E-state index contributed by atoms with van der Waals surface area (Å²) in [5.41, 5.74) is 1.51. The molecular weight excluding hydrogens is 300 g/mol. The first-order valence-electron chi connectivity index (χ1n) is 9.45. The van der Waals surface area contributed by atoms with E-state index in [1.54, 1.807) is 0 Å². The average molecular weight is 322 g/mol. The van der Waals surface area contributed by atoms with Crippen LogP contribution in [-0.2, 0) is 6.42 Å². The molecule has 5 rings (SSSR count). The molecule has 5 aromatic rings. The molecule has 5 aromatic carbocycles. The molecule has 0 nitrogen and oxygen atoms in total. The smallest absolute Gasteiger partial charge is 0.00236 e. The van der Waals surface area contributed by atoms with Crippen molar-refractivity contribution < 1.29 is 0 Å². The van der Waals surface area contributed by atoms with Crippen LogP contribution in [0.4, 0.5) is 0 Å². The van der Waals surface area contributed by atoms with Gasteiger partial charge in [-0.1, -0.05) is 86.5 Å². The lowest BCUT2D eigenvalue weighted by atomic mass is 9.86. The van der Waals surface area contributed by atoms with Crippen LogP contribution < -0.4 is 0 Å². The number of fused-ring (bicyclic) bond motifs is 2. The SMILES string of the molecule is CCCCCc1ccc2cccc3c4cccc5cccc(c1c23)c54. The van der Waals surface area contributed by atoms with Crippen molar-refractivity contribution in [2.24, 2.45) is 0 Å². The van der Waals surface area contributed by atoms with Crippen LogP contribution in [-0.4, -0.2) is 0 Å². The van der Waals surface area contributed by atoms with Gasteiger partial charge in [0.25, 0.3) is 0 Å². The van der Waals surface area contributed by atoms with Crippen LogP contribution in [0, 0.1) is 0 Å². The Morgan fingerprint density at radius 1 is 0.560 bits per heavy atom. The van der Waals surface area contributed by atoms with Crippen LogP contribution in [0.5, 0.6) is 0 Å². The van der Waals surface area contributed by atoms with Crippen LogP contribution in [0.25, 0.3) is 43.1 Å². The number of unbranched alkanes of at least 4 members (excludes halogenated alkanes) is 2. The maximum Gasteiger partial charge on any atom is -0.00236 e. The van der Waals surface area contributed by atoms with E-state index in [4.69, 9.17) is 0 Å². The maximum absolute atomic E-state index is 2.36. The van der Waals surface area contributed by atoms with Gasteiger partial charge >= 0.3 is 0 Å². The molecule has 0 radical (unpaired) electrons. The second-order valence-corrected chi connectivity index (χ2v) is 7.17. The molecule has 0 N–H and O–H groups in total. The van der Waals surface area contributed by atoms with Crippen molar-refractivity contribution in [1.82, 2.24) is 0 Å². The molecule has 0 unspecified atom stereocenters. The Kier molecular flexibility index (Phi) is 3.38. The number of rotatable bonds is 4. The Morgan fingerprint density at radius 2 is 1.20 bits per heavy atom. The lowest BCUT2D eigenvalue weighted by Crippen LogP contribution is -1.93. The summed E-state index contributed by atoms with van der Waals surface area (Å²) in [5, 5.41) is 11.3. The van der Waals surface area contributed by atoms with E-state index in [9.17, 15) is 0 Å². The van der Waals surface area contributed by atoms with E-state index in [0.29, 0.717) is 0 Å². The van der Waals surface area contributed by atoms with E-state index in [0.717, 1.165) is 0 Å². The zero-order valence-electron chi connectivity index (χ0n) is 14.7. The van der Waals surface area contributed by atoms with Crippen molar-refractivity contribution in [3.63, 3.8) is 0 Å². The highest BCUT2D eigenvalue weighted by atomic mass is 14.2. The Balaban J connectivity index is 1.99. The largest absolute Gasteiger partial charge is 0.0654 e. The van der Waals surface area contributed by atoms with Gasteiger partial charge in [-0.2, -0.15) is 0 Å². The van der Waals surface area contributed by atoms with Gasteiger partial charge in [-0.3, -0.25) is 0 Å². The first-order chi connectivity index (χ1) is 12.4. The predicted octanol–water partition coefficient (Wildman–Crippen LogP) is 7.47. The number of hydrogen-bond donors (Lipinski definition) is 0. The molecule has 0 amide bonds. The molecule has 0 saturated carbocycles. The van der Waals surface area contributed by atoms with Crippen molar-refractivity contribution in [2.75, 3.05) is 0 Å². The third-order valence-corrected chi connectivity index (χ3v) is 5.65. The third-order valence-electron chi connectivity index (χ3n) is 5.65. The molecule has 25 heavy (non-hydrogen) atoms. The summed E-state index contributed by atoms with van der Waals surface area (Å²) in [6.07, 6.45) is 5.02. The minimum atomic E-state index is 1.17. The van der Waals surface area contributed by atoms with Gasteiger partial charge in [-0.05, 0) is 61.5 Å². The standard InChI is InChI=1S/C25H22/c1-2-3-4-8-18-15-16-19-11-6-13-21-20-12-5-9-17-10-7-14-22(23(17)20)25(18)24(19)21/h5-7,9-16H,2-4,8H2,1H3. The Hall–Kier alpha value is -2.60. The average Bonchev–Trinajstić information content (AvgIpc) is 2.66. The second-order valence-electron chi connectivity index (χ2n) is 7.17. The second kappa shape index (κ2) is 5.74. The van der Waals surface area contributed by atoms with Gasteiger partial charge in [0, 0.05) is 0 Å². The van der Waals surface area contributed by atoms with Crippen LogP contribution in [0.15, 0.2) is 66.7 Å². The van der Waals surface area contributed by atoms with E-state index in [1.165, 1.54) is 74.3 Å². The number of aryl methyl sites for hydroxylation is 1. The molecule has 0 heterocycles. The molecule has 0 heteroatoms. The highest BCUT2D eigenvalue weighted by molar-refractivity contribution is 6.33. The summed E-state index contributed by atoms with van der Waals surface area (Å²) in [6, 6.07) is 24.9. The molecule has 0 aromatic heterocycles. The molecular formula is C25H22. The Labute approximate surface area is 148 Å². The van der Waals surface area contributed by atoms with Crippen LogP contribution >= 0.6 is 0 Å². The van der Waals surface area contributed by atoms with Gasteiger partial charge in [0.05, 0.1) is 0 Å². The van der Waals surface area contributed by atoms with Crippen LogP contribution in [0.3, 0.4) is 0 Å². The predicted molar refractivity (Wildman–Crippen MR) is 111 cm³/mol. The van der Waals surface area contributed by atoms with Gasteiger partial charge in [0.15, 0.2) is 0 Å². The third kappa shape index (κ3) is 2.14. The summed E-state index contributed by atoms with van der Waals surface area (Å²) in [6.45, 7) is 2.28. The van der Waals surface area contributed by atoms with Crippen molar-refractivity contribution in [3.8, 4) is 0 Å². The minimum Gasteiger partial charge on any atom is -0.0654 e. The molecule has 0 spiro atoms. The van der Waals surface area contributed by atoms with E-state index in [2.05, 4.69) is 73.7 Å². The summed E-state index contributed by atoms with van der Waals surface area (Å²) >= 11 is 0. The summed E-state index contributed by atoms with van der Waals surface area (Å²) in [7, 11) is 0. The van der Waals surface area contributed by atoms with E-state index in [1.807, 2.05) is 0 Å². The Morgan fingerprint density at radius 3 is 1.92 bits per heavy atom. The van der Waals surface area contributed by atoms with Gasteiger partial charge in [-0.15, -0.1) is 0 Å². The van der Waals surface area contributed by atoms with Crippen molar-refractivity contribution in [1.29, 1.82) is 0 Å². The molecule has 0 saturated heterocycles. The highest BCUT2D eigenvalue weighted by Crippen LogP contribution is 2.41. The minimum absolute atomic E-state index is 1.17. The summed E-state index contributed by atoms with van der Waals surface area (Å²) in [4.78, 5) is 0. The fourth-order valence-corrected chi connectivity index (χ4v) is 4.50. The zero-order chi connectivity index (χ0) is 16.8. The van der Waals surface area contributed by atoms with Crippen molar-refractivity contribution >= 4 is 43.1 Å². The van der Waals surface area contributed by atoms with E-state index >= 15 is 0 Å². The van der Waals surface area contributed by atoms with Gasteiger partial charge in [0.2, 0.25) is 0 Å². The quantitative estimate of drug-likeness (QED) is 0.183. The van der Waals surface area contributed by atoms with Crippen LogP contribution in [0.1, 0.15) is 31.7 Å². The lowest BCUT2D eigenvalue weighted by molar-refractivity contribution is 0.720. The van der Waals surface area contributed by atoms with Gasteiger partial charge in [-0.25, -0.2) is 0 Å². The lowest BCUT2D eigenvalue weighted by Gasteiger charge is -2.17. The van der Waals surface area contributed by atoms with E-state index < -0.39 is 0 Å². The summed E-state index contributed by atoms with van der Waals surface area (Å²) < 4.78 is 0. The first kappa shape index (κ1) is 14.7. The first-order valence-corrected chi connectivity index (χ1v) is 9.45. The Bertz CT molecular complexity index is 1190. The molecule has 0 fully saturated rings. The van der Waals surface area contributed by atoms with Crippen LogP contribution in [0.2, 0.25) is 0 Å². The molecule has 0 aliphatic heterocycles. The van der Waals surface area contributed by atoms with Gasteiger partial charge < -0.3 is 0 Å². The monoisotopic (exact) mass is 322 g/mol. The zero-order valence-corrected chi connectivity index (χ0v) is 14.7. The number of benzene rings is 5. The molecule has 122 valence electrons. The fourth-order valence-electron chi connectivity index (χ4n) is 4.50. The van der Waals surface area contributed by atoms with Crippen molar-refractivity contribution in [2.45, 2.75) is 32.6 Å². The maximum atomic E-state index is 2.36. The summed E-state index contributed by atoms with van der Waals surface area (Å²) in [5.74, 6) is 0. The molecule has 0 aliphatic rings. The molecule has 0 aliphatic carbocycles. The van der Waals surface area contributed by atoms with E-state index in [-0.39, 0.29) is 0 Å². The topological polar surface area (TPSA) is 0 Å². The highest BCUT2D eigenvalue weighted by Gasteiger charge is 2.14. The van der Waals surface area contributed by atoms with Gasteiger partial charge in [0.1, 0.15) is 0 Å². The number of hydrogen-bond acceptors (Lipinski definition) is 0. The fraction of sp³-hybridized carbons (Fsp3) is 0.200. The normalized spacial score (nSPS) is 12.0. The molecule has 0 bridgehead atoms. The molecule has 0 atom stereocenters.